The molecule has 0 fully saturated rings. The number of hydrogen-bond donors (Lipinski definition) is 1. The molecule has 1 aromatic heterocycles. The Bertz CT molecular complexity index is 1550. The van der Waals surface area contributed by atoms with E-state index in [1.165, 1.54) is 10.8 Å². The van der Waals surface area contributed by atoms with Crippen LogP contribution in [0.1, 0.15) is 34.9 Å². The molecule has 2 aliphatic rings. The second-order valence-electron chi connectivity index (χ2n) is 9.12. The van der Waals surface area contributed by atoms with Crippen LogP contribution < -0.4 is 15.8 Å². The quantitative estimate of drug-likeness (QED) is 0.239. The van der Waals surface area contributed by atoms with Crippen LogP contribution in [0, 0.1) is 6.92 Å². The van der Waals surface area contributed by atoms with Crippen molar-refractivity contribution in [2.24, 2.45) is 0 Å². The molecule has 0 saturated carbocycles. The van der Waals surface area contributed by atoms with Gasteiger partial charge in [-0.05, 0) is 42.7 Å². The summed E-state index contributed by atoms with van der Waals surface area (Å²) in [6, 6.07) is 14.8. The third kappa shape index (κ3) is 6.63. The van der Waals surface area contributed by atoms with Crippen molar-refractivity contribution in [3.05, 3.63) is 110 Å². The number of aromatic nitrogens is 2. The van der Waals surface area contributed by atoms with Crippen molar-refractivity contribution in [1.82, 2.24) is 9.55 Å². The Balaban J connectivity index is 1.10. The third-order valence-electron chi connectivity index (χ3n) is 6.20. The van der Waals surface area contributed by atoms with Gasteiger partial charge in [0.05, 0.1) is 13.2 Å². The predicted molar refractivity (Wildman–Crippen MR) is 139 cm³/mol. The molecule has 1 N–H and O–H groups in total. The number of aryl methyl sites for hydroxylation is 2. The largest absolute Gasteiger partial charge is 0.530 e. The summed E-state index contributed by atoms with van der Waals surface area (Å²) in [5.41, 5.74) is 1.80. The molecule has 2 aromatic carbocycles. The molecule has 0 bridgehead atoms. The minimum atomic E-state index is -3.90. The highest BCUT2D eigenvalue weighted by Gasteiger charge is 2.36. The SMILES string of the molecule is Cc1cn([C@H]2C=C[C@@H](COP3(=O)OCc4cc(CCC(=O)OCc5ccccc5)ccc4O3)O2)c(=O)[nH]c1=O. The first kappa shape index (κ1) is 26.8. The molecule has 204 valence electrons. The van der Waals surface area contributed by atoms with Crippen molar-refractivity contribution in [1.29, 1.82) is 0 Å². The molecule has 2 aliphatic heterocycles. The number of rotatable bonds is 9. The minimum Gasteiger partial charge on any atom is -0.461 e. The topological polar surface area (TPSA) is 135 Å². The average Bonchev–Trinajstić information content (AvgIpc) is 3.41. The molecule has 11 nitrogen and oxygen atoms in total. The molecule has 1 unspecified atom stereocenters. The van der Waals surface area contributed by atoms with Crippen molar-refractivity contribution in [2.45, 2.75) is 45.3 Å². The van der Waals surface area contributed by atoms with E-state index in [-0.39, 0.29) is 32.2 Å². The van der Waals surface area contributed by atoms with Crippen molar-refractivity contribution < 1.29 is 32.4 Å². The Hall–Kier alpha value is -3.76. The van der Waals surface area contributed by atoms with Gasteiger partial charge in [-0.25, -0.2) is 9.36 Å². The molecule has 39 heavy (non-hydrogen) atoms. The summed E-state index contributed by atoms with van der Waals surface area (Å²) in [6.07, 6.45) is 4.05. The van der Waals surface area contributed by atoms with Gasteiger partial charge in [0, 0.05) is 23.7 Å². The van der Waals surface area contributed by atoms with Crippen molar-refractivity contribution in [2.75, 3.05) is 6.61 Å². The highest BCUT2D eigenvalue weighted by molar-refractivity contribution is 7.49. The second kappa shape index (κ2) is 11.5. The van der Waals surface area contributed by atoms with Gasteiger partial charge in [0.15, 0.2) is 6.23 Å². The Morgan fingerprint density at radius 2 is 1.95 bits per heavy atom. The number of phosphoric ester groups is 1. The van der Waals surface area contributed by atoms with Gasteiger partial charge in [0.1, 0.15) is 18.5 Å². The molecule has 0 spiro atoms. The van der Waals surface area contributed by atoms with Gasteiger partial charge >= 0.3 is 19.5 Å². The lowest BCUT2D eigenvalue weighted by atomic mass is 10.1. The summed E-state index contributed by atoms with van der Waals surface area (Å²) in [7, 11) is -3.90. The second-order valence-corrected chi connectivity index (χ2v) is 10.7. The lowest BCUT2D eigenvalue weighted by molar-refractivity contribution is -0.144. The molecular weight excluding hydrogens is 527 g/mol. The fourth-order valence-corrected chi connectivity index (χ4v) is 5.31. The average molecular weight is 554 g/mol. The van der Waals surface area contributed by atoms with Gasteiger partial charge in [-0.15, -0.1) is 0 Å². The van der Waals surface area contributed by atoms with Gasteiger partial charge in [0.25, 0.3) is 5.56 Å². The molecule has 3 atom stereocenters. The van der Waals surface area contributed by atoms with Crippen LogP contribution in [0.15, 0.2) is 76.5 Å². The Kier molecular flexibility index (Phi) is 7.94. The van der Waals surface area contributed by atoms with Gasteiger partial charge in [-0.3, -0.25) is 28.2 Å². The zero-order valence-electron chi connectivity index (χ0n) is 21.1. The number of carbonyl (C=O) groups is 1. The Labute approximate surface area is 223 Å². The zero-order chi connectivity index (χ0) is 27.4. The van der Waals surface area contributed by atoms with Crippen molar-refractivity contribution in [3.63, 3.8) is 0 Å². The number of H-pyrrole nitrogens is 1. The molecule has 3 aromatic rings. The van der Waals surface area contributed by atoms with E-state index < -0.39 is 31.4 Å². The smallest absolute Gasteiger partial charge is 0.461 e. The van der Waals surface area contributed by atoms with E-state index >= 15 is 0 Å². The van der Waals surface area contributed by atoms with Crippen LogP contribution in [0.25, 0.3) is 0 Å². The fourth-order valence-electron chi connectivity index (χ4n) is 4.09. The number of esters is 1. The molecule has 0 saturated heterocycles. The monoisotopic (exact) mass is 554 g/mol. The summed E-state index contributed by atoms with van der Waals surface area (Å²) in [5.74, 6) is 0.0731. The first-order valence-corrected chi connectivity index (χ1v) is 13.8. The van der Waals surface area contributed by atoms with Crippen molar-refractivity contribution >= 4 is 13.8 Å². The normalized spacial score (nSPS) is 21.8. The van der Waals surface area contributed by atoms with E-state index in [0.29, 0.717) is 23.3 Å². The van der Waals surface area contributed by atoms with Crippen LogP contribution in [0.3, 0.4) is 0 Å². The van der Waals surface area contributed by atoms with Gasteiger partial charge < -0.3 is 14.0 Å². The summed E-state index contributed by atoms with van der Waals surface area (Å²) in [4.78, 5) is 38.0. The summed E-state index contributed by atoms with van der Waals surface area (Å²) < 4.78 is 41.8. The number of fused-ring (bicyclic) bond motifs is 1. The van der Waals surface area contributed by atoms with Crippen LogP contribution in [0.4, 0.5) is 0 Å². The lowest BCUT2D eigenvalue weighted by Gasteiger charge is -2.26. The minimum absolute atomic E-state index is 0.00887. The first-order valence-electron chi connectivity index (χ1n) is 12.3. The maximum absolute atomic E-state index is 13.0. The molecule has 0 aliphatic carbocycles. The highest BCUT2D eigenvalue weighted by atomic mass is 31.2. The van der Waals surface area contributed by atoms with Crippen LogP contribution in [-0.2, 0) is 47.5 Å². The predicted octanol–water partition coefficient (Wildman–Crippen LogP) is 3.71. The van der Waals surface area contributed by atoms with E-state index in [1.807, 2.05) is 36.4 Å². The maximum Gasteiger partial charge on any atom is 0.530 e. The van der Waals surface area contributed by atoms with E-state index in [0.717, 1.165) is 11.1 Å². The van der Waals surface area contributed by atoms with E-state index in [4.69, 9.17) is 23.0 Å². The number of nitrogens with one attached hydrogen (secondary N) is 1. The molecule has 12 heteroatoms. The third-order valence-corrected chi connectivity index (χ3v) is 7.53. The number of benzene rings is 2. The van der Waals surface area contributed by atoms with E-state index in [1.54, 1.807) is 31.2 Å². The number of phosphoric acid groups is 1. The van der Waals surface area contributed by atoms with E-state index in [2.05, 4.69) is 4.98 Å². The Morgan fingerprint density at radius 3 is 2.77 bits per heavy atom. The number of hydrogen-bond acceptors (Lipinski definition) is 9. The zero-order valence-corrected chi connectivity index (χ0v) is 22.0. The summed E-state index contributed by atoms with van der Waals surface area (Å²) >= 11 is 0. The van der Waals surface area contributed by atoms with E-state index in [9.17, 15) is 18.9 Å². The van der Waals surface area contributed by atoms with Gasteiger partial charge in [-0.2, -0.15) is 0 Å². The summed E-state index contributed by atoms with van der Waals surface area (Å²) in [5, 5.41) is 0. The van der Waals surface area contributed by atoms with Crippen LogP contribution in [0.2, 0.25) is 0 Å². The van der Waals surface area contributed by atoms with Crippen molar-refractivity contribution in [3.8, 4) is 5.75 Å². The molecular formula is C27H27N2O9P. The van der Waals surface area contributed by atoms with Crippen LogP contribution >= 0.6 is 7.82 Å². The number of carbonyl (C=O) groups excluding carboxylic acids is 1. The summed E-state index contributed by atoms with van der Waals surface area (Å²) in [6.45, 7) is 1.68. The lowest BCUT2D eigenvalue weighted by Crippen LogP contribution is -2.33. The molecule has 3 heterocycles. The Morgan fingerprint density at radius 1 is 1.13 bits per heavy atom. The first-order chi connectivity index (χ1) is 18.8. The fraction of sp³-hybridized carbons (Fsp3) is 0.296. The molecule has 0 radical (unpaired) electrons. The maximum atomic E-state index is 13.0. The molecule has 5 rings (SSSR count). The van der Waals surface area contributed by atoms with Gasteiger partial charge in [-0.1, -0.05) is 42.5 Å². The number of aromatic amines is 1. The number of nitrogens with zero attached hydrogens (tertiary/aromatic N) is 1. The van der Waals surface area contributed by atoms with Crippen LogP contribution in [-0.4, -0.2) is 28.2 Å². The van der Waals surface area contributed by atoms with Gasteiger partial charge in [0.2, 0.25) is 0 Å². The standard InChI is InChI=1S/C27H27N2O9P/c1-18-14-29(27(32)28-26(18)31)24-11-9-22(37-24)17-36-39(33)35-16-21-13-19(7-10-23(21)38-39)8-12-25(30)34-15-20-5-3-2-4-6-20/h2-7,9-11,13-14,22,24H,8,12,15-17H2,1H3,(H,28,31,32)/t22-,24+,39?/m0/s1. The van der Waals surface area contributed by atoms with Crippen LogP contribution in [0.5, 0.6) is 5.75 Å². The highest BCUT2D eigenvalue weighted by Crippen LogP contribution is 2.54. The number of ether oxygens (including phenoxy) is 2. The molecule has 0 amide bonds.